The van der Waals surface area contributed by atoms with Crippen LogP contribution in [-0.4, -0.2) is 41.1 Å². The standard InChI is InChI=1S/C19H32BrFN2O2SSi/c1-18(2,3)26(24)23-17(15-10-9-11-16(20)22-15)14(21)12-13-25-27(7,8)19(4,5)6/h9-11,14H,12-13H2,1-8H3/t14?,26-/m1/s1. The van der Waals surface area contributed by atoms with Crippen molar-refractivity contribution in [2.75, 3.05) is 6.61 Å². The third kappa shape index (κ3) is 7.57. The Morgan fingerprint density at radius 3 is 2.37 bits per heavy atom. The second-order valence-corrected chi connectivity index (χ2v) is 16.6. The van der Waals surface area contributed by atoms with Gasteiger partial charge in [0.2, 0.25) is 0 Å². The Morgan fingerprint density at radius 2 is 1.89 bits per heavy atom. The van der Waals surface area contributed by atoms with E-state index < -0.39 is 30.6 Å². The maximum absolute atomic E-state index is 15.1. The maximum atomic E-state index is 15.1. The third-order valence-electron chi connectivity index (χ3n) is 4.62. The molecule has 27 heavy (non-hydrogen) atoms. The van der Waals surface area contributed by atoms with Crippen LogP contribution in [0.4, 0.5) is 4.39 Å². The van der Waals surface area contributed by atoms with Gasteiger partial charge in [-0.15, -0.1) is 0 Å². The lowest BCUT2D eigenvalue weighted by atomic mass is 10.1. The average molecular weight is 480 g/mol. The molecule has 0 N–H and O–H groups in total. The molecule has 0 spiro atoms. The summed E-state index contributed by atoms with van der Waals surface area (Å²) in [6, 6.07) is 5.21. The Labute approximate surface area is 176 Å². The molecule has 154 valence electrons. The summed E-state index contributed by atoms with van der Waals surface area (Å²) in [4.78, 5) is 4.31. The summed E-state index contributed by atoms with van der Waals surface area (Å²) in [7, 11) is -1.95. The van der Waals surface area contributed by atoms with Gasteiger partial charge in [-0.2, -0.15) is 0 Å². The largest absolute Gasteiger partial charge is 0.591 e. The highest BCUT2D eigenvalue weighted by Crippen LogP contribution is 2.36. The predicted octanol–water partition coefficient (Wildman–Crippen LogP) is 5.85. The van der Waals surface area contributed by atoms with Crippen molar-refractivity contribution in [3.05, 3.63) is 28.5 Å². The van der Waals surface area contributed by atoms with Crippen LogP contribution in [0.2, 0.25) is 18.1 Å². The minimum absolute atomic E-state index is 0.0648. The van der Waals surface area contributed by atoms with Crippen molar-refractivity contribution < 1.29 is 13.4 Å². The van der Waals surface area contributed by atoms with Crippen molar-refractivity contribution in [2.45, 2.75) is 77.0 Å². The topological polar surface area (TPSA) is 57.5 Å². The van der Waals surface area contributed by atoms with Crippen molar-refractivity contribution in [1.29, 1.82) is 0 Å². The average Bonchev–Trinajstić information content (AvgIpc) is 2.49. The van der Waals surface area contributed by atoms with Gasteiger partial charge in [-0.25, -0.2) is 9.37 Å². The highest BCUT2D eigenvalue weighted by atomic mass is 79.9. The van der Waals surface area contributed by atoms with E-state index in [0.29, 0.717) is 16.9 Å². The molecule has 0 saturated carbocycles. The summed E-state index contributed by atoms with van der Waals surface area (Å²) in [5, 5.41) is 0.0648. The van der Waals surface area contributed by atoms with E-state index in [1.165, 1.54) is 0 Å². The number of alkyl halides is 1. The van der Waals surface area contributed by atoms with Gasteiger partial charge in [-0.1, -0.05) is 31.2 Å². The molecule has 0 aliphatic heterocycles. The van der Waals surface area contributed by atoms with Crippen molar-refractivity contribution in [2.24, 2.45) is 4.40 Å². The number of aromatic nitrogens is 1. The van der Waals surface area contributed by atoms with Gasteiger partial charge >= 0.3 is 0 Å². The highest BCUT2D eigenvalue weighted by molar-refractivity contribution is 9.10. The molecule has 0 amide bonds. The van der Waals surface area contributed by atoms with Gasteiger partial charge in [-0.3, -0.25) is 0 Å². The van der Waals surface area contributed by atoms with E-state index in [9.17, 15) is 4.55 Å². The van der Waals surface area contributed by atoms with E-state index in [0.717, 1.165) is 0 Å². The summed E-state index contributed by atoms with van der Waals surface area (Å²) in [5.41, 5.74) is 0.505. The molecule has 1 aromatic heterocycles. The number of rotatable bonds is 7. The van der Waals surface area contributed by atoms with Gasteiger partial charge in [0.15, 0.2) is 20.2 Å². The molecule has 1 unspecified atom stereocenters. The second kappa shape index (κ2) is 9.48. The fraction of sp³-hybridized carbons (Fsp3) is 0.684. The molecule has 0 radical (unpaired) electrons. The Kier molecular flexibility index (Phi) is 8.69. The Bertz CT molecular complexity index is 660. The summed E-state index contributed by atoms with van der Waals surface area (Å²) >= 11 is 1.73. The van der Waals surface area contributed by atoms with Crippen LogP contribution in [0.3, 0.4) is 0 Å². The van der Waals surface area contributed by atoms with Gasteiger partial charge < -0.3 is 8.98 Å². The zero-order valence-corrected chi connectivity index (χ0v) is 21.0. The molecule has 0 saturated heterocycles. The molecule has 0 fully saturated rings. The minimum Gasteiger partial charge on any atom is -0.591 e. The lowest BCUT2D eigenvalue weighted by Crippen LogP contribution is -2.41. The number of hydrogen-bond donors (Lipinski definition) is 0. The first-order chi connectivity index (χ1) is 12.1. The van der Waals surface area contributed by atoms with Gasteiger partial charge in [0.1, 0.15) is 20.7 Å². The molecule has 8 heteroatoms. The molecule has 0 bridgehead atoms. The SMILES string of the molecule is CC(C)(C)[S@@+]([O-])N=C(c1cccc(Br)n1)C(F)CCO[Si](C)(C)C(C)(C)C. The van der Waals surface area contributed by atoms with E-state index in [4.69, 9.17) is 4.43 Å². The number of hydrogen-bond acceptors (Lipinski definition) is 4. The smallest absolute Gasteiger partial charge is 0.191 e. The van der Waals surface area contributed by atoms with Crippen LogP contribution < -0.4 is 0 Å². The highest BCUT2D eigenvalue weighted by Gasteiger charge is 2.37. The van der Waals surface area contributed by atoms with Crippen LogP contribution in [0.5, 0.6) is 0 Å². The minimum atomic E-state index is -1.95. The van der Waals surface area contributed by atoms with E-state index >= 15 is 4.39 Å². The van der Waals surface area contributed by atoms with Crippen LogP contribution >= 0.6 is 15.9 Å². The molecular formula is C19H32BrFN2O2SSi. The fourth-order valence-electron chi connectivity index (χ4n) is 1.81. The lowest BCUT2D eigenvalue weighted by molar-refractivity contribution is 0.250. The van der Waals surface area contributed by atoms with E-state index in [1.807, 2.05) is 20.8 Å². The molecule has 1 rings (SSSR count). The molecule has 2 atom stereocenters. The fourth-order valence-corrected chi connectivity index (χ4v) is 3.88. The van der Waals surface area contributed by atoms with Crippen molar-refractivity contribution in [3.8, 4) is 0 Å². The summed E-state index contributed by atoms with van der Waals surface area (Å²) in [6.07, 6.45) is -1.25. The molecule has 1 heterocycles. The Balaban J connectivity index is 3.01. The van der Waals surface area contributed by atoms with Crippen molar-refractivity contribution in [3.63, 3.8) is 0 Å². The molecule has 1 aromatic rings. The molecule has 0 aliphatic rings. The van der Waals surface area contributed by atoms with Crippen LogP contribution in [0.15, 0.2) is 27.2 Å². The predicted molar refractivity (Wildman–Crippen MR) is 119 cm³/mol. The quantitative estimate of drug-likeness (QED) is 0.214. The summed E-state index contributed by atoms with van der Waals surface area (Å²) in [6.45, 7) is 16.5. The van der Waals surface area contributed by atoms with Gasteiger partial charge in [0, 0.05) is 13.0 Å². The molecule has 0 aliphatic carbocycles. The van der Waals surface area contributed by atoms with Crippen LogP contribution in [0.1, 0.15) is 53.7 Å². The summed E-state index contributed by atoms with van der Waals surface area (Å²) in [5.74, 6) is 0. The van der Waals surface area contributed by atoms with Gasteiger partial charge in [-0.05, 0) is 67.0 Å². The van der Waals surface area contributed by atoms with Crippen LogP contribution in [0.25, 0.3) is 0 Å². The molecular weight excluding hydrogens is 447 g/mol. The zero-order valence-electron chi connectivity index (χ0n) is 17.6. The first kappa shape index (κ1) is 24.8. The van der Waals surface area contributed by atoms with Crippen molar-refractivity contribution in [1.82, 2.24) is 4.98 Å². The summed E-state index contributed by atoms with van der Waals surface area (Å²) < 4.78 is 37.9. The third-order valence-corrected chi connectivity index (χ3v) is 11.0. The Hall–Kier alpha value is -0.283. The number of halogens is 2. The normalized spacial score (nSPS) is 16.3. The second-order valence-electron chi connectivity index (χ2n) is 9.05. The van der Waals surface area contributed by atoms with Crippen LogP contribution in [-0.2, 0) is 15.8 Å². The lowest BCUT2D eigenvalue weighted by Gasteiger charge is -2.36. The van der Waals surface area contributed by atoms with Crippen LogP contribution in [0, 0.1) is 0 Å². The van der Waals surface area contributed by atoms with Gasteiger partial charge in [0.05, 0.1) is 5.69 Å². The number of pyridine rings is 1. The Morgan fingerprint density at radius 1 is 1.30 bits per heavy atom. The maximum Gasteiger partial charge on any atom is 0.191 e. The molecule has 0 aromatic carbocycles. The van der Waals surface area contributed by atoms with Gasteiger partial charge in [0.25, 0.3) is 0 Å². The van der Waals surface area contributed by atoms with Crippen molar-refractivity contribution >= 4 is 41.3 Å². The first-order valence-corrected chi connectivity index (χ1v) is 13.9. The first-order valence-electron chi connectivity index (χ1n) is 9.07. The zero-order chi connectivity index (χ0) is 21.0. The number of nitrogens with zero attached hydrogens (tertiary/aromatic N) is 2. The van der Waals surface area contributed by atoms with E-state index in [1.54, 1.807) is 18.2 Å². The van der Waals surface area contributed by atoms with E-state index in [2.05, 4.69) is 59.2 Å². The molecule has 4 nitrogen and oxygen atoms in total. The monoisotopic (exact) mass is 478 g/mol. The van der Waals surface area contributed by atoms with E-state index in [-0.39, 0.29) is 17.2 Å².